The van der Waals surface area contributed by atoms with Gasteiger partial charge >= 0.3 is 0 Å². The quantitative estimate of drug-likeness (QED) is 0.684. The second-order valence-electron chi connectivity index (χ2n) is 4.30. The molecular formula is C15H11ClN2O. The van der Waals surface area contributed by atoms with E-state index in [1.807, 2.05) is 30.3 Å². The summed E-state index contributed by atoms with van der Waals surface area (Å²) in [6.07, 6.45) is 3.24. The summed E-state index contributed by atoms with van der Waals surface area (Å²) in [6.45, 7) is 0. The third-order valence-electron chi connectivity index (χ3n) is 3.03. The Hall–Kier alpha value is -2.13. The van der Waals surface area contributed by atoms with E-state index in [-0.39, 0.29) is 0 Å². The maximum atomic E-state index is 11.3. The number of carbonyl (C=O) groups is 1. The summed E-state index contributed by atoms with van der Waals surface area (Å²) in [4.78, 5) is 15.8. The molecule has 0 amide bonds. The number of carbonyl (C=O) groups excluding carboxylic acids is 1. The van der Waals surface area contributed by atoms with Crippen molar-refractivity contribution < 1.29 is 4.79 Å². The van der Waals surface area contributed by atoms with Gasteiger partial charge in [-0.3, -0.25) is 9.20 Å². The second kappa shape index (κ2) is 4.86. The Balaban J connectivity index is 2.10. The molecule has 0 radical (unpaired) electrons. The molecule has 0 atom stereocenters. The van der Waals surface area contributed by atoms with E-state index in [0.717, 1.165) is 17.5 Å². The molecule has 0 aliphatic heterocycles. The van der Waals surface area contributed by atoms with Crippen LogP contribution in [0.2, 0.25) is 5.02 Å². The van der Waals surface area contributed by atoms with E-state index in [9.17, 15) is 4.79 Å². The highest BCUT2D eigenvalue weighted by Crippen LogP contribution is 2.18. The van der Waals surface area contributed by atoms with Crippen molar-refractivity contribution in [2.24, 2.45) is 0 Å². The van der Waals surface area contributed by atoms with Crippen LogP contribution in [0.4, 0.5) is 0 Å². The van der Waals surface area contributed by atoms with E-state index in [0.29, 0.717) is 22.8 Å². The zero-order valence-electron chi connectivity index (χ0n) is 10.1. The molecule has 0 fully saturated rings. The molecule has 4 heteroatoms. The minimum Gasteiger partial charge on any atom is -0.297 e. The van der Waals surface area contributed by atoms with Gasteiger partial charge in [0.1, 0.15) is 11.3 Å². The fourth-order valence-electron chi connectivity index (χ4n) is 2.13. The molecule has 3 rings (SSSR count). The number of aldehydes is 1. The minimum atomic E-state index is 0.579. The number of hydrogen-bond donors (Lipinski definition) is 0. The predicted octanol–water partition coefficient (Wildman–Crippen LogP) is 3.39. The van der Waals surface area contributed by atoms with Crippen LogP contribution in [0.25, 0.3) is 5.65 Å². The average molecular weight is 271 g/mol. The molecular weight excluding hydrogens is 260 g/mol. The number of rotatable bonds is 3. The van der Waals surface area contributed by atoms with Crippen molar-refractivity contribution in [1.82, 2.24) is 9.38 Å². The van der Waals surface area contributed by atoms with Crippen molar-refractivity contribution in [3.63, 3.8) is 0 Å². The Morgan fingerprint density at radius 2 is 2.00 bits per heavy atom. The van der Waals surface area contributed by atoms with Gasteiger partial charge in [-0.15, -0.1) is 0 Å². The van der Waals surface area contributed by atoms with Crippen molar-refractivity contribution in [3.8, 4) is 0 Å². The molecule has 0 saturated carbocycles. The number of fused-ring (bicyclic) bond motifs is 1. The summed E-state index contributed by atoms with van der Waals surface area (Å²) in [7, 11) is 0. The molecule has 0 spiro atoms. The standard InChI is InChI=1S/C15H11ClN2O/c16-12-6-7-18-14(10-19)13(17-15(18)9-12)8-11-4-2-1-3-5-11/h1-7,9-10H,8H2. The number of pyridine rings is 1. The minimum absolute atomic E-state index is 0.579. The summed E-state index contributed by atoms with van der Waals surface area (Å²) in [5, 5.41) is 0.612. The van der Waals surface area contributed by atoms with Crippen LogP contribution < -0.4 is 0 Å². The third-order valence-corrected chi connectivity index (χ3v) is 3.26. The van der Waals surface area contributed by atoms with Crippen LogP contribution in [0.1, 0.15) is 21.7 Å². The van der Waals surface area contributed by atoms with Gasteiger partial charge in [-0.25, -0.2) is 4.98 Å². The molecule has 3 aromatic rings. The first-order valence-electron chi connectivity index (χ1n) is 5.93. The fraction of sp³-hybridized carbons (Fsp3) is 0.0667. The van der Waals surface area contributed by atoms with Crippen molar-refractivity contribution in [2.75, 3.05) is 0 Å². The molecule has 0 aliphatic rings. The van der Waals surface area contributed by atoms with E-state index in [1.165, 1.54) is 0 Å². The van der Waals surface area contributed by atoms with Gasteiger partial charge in [0.15, 0.2) is 6.29 Å². The highest BCUT2D eigenvalue weighted by molar-refractivity contribution is 6.30. The first-order valence-corrected chi connectivity index (χ1v) is 6.31. The van der Waals surface area contributed by atoms with Gasteiger partial charge in [0, 0.05) is 23.7 Å². The highest BCUT2D eigenvalue weighted by atomic mass is 35.5. The lowest BCUT2D eigenvalue weighted by molar-refractivity contribution is 0.111. The molecule has 0 N–H and O–H groups in total. The fourth-order valence-corrected chi connectivity index (χ4v) is 2.29. The van der Waals surface area contributed by atoms with Crippen molar-refractivity contribution in [2.45, 2.75) is 6.42 Å². The third kappa shape index (κ3) is 2.25. The first kappa shape index (κ1) is 11.9. The Labute approximate surface area is 115 Å². The lowest BCUT2D eigenvalue weighted by Gasteiger charge is -1.99. The highest BCUT2D eigenvalue weighted by Gasteiger charge is 2.12. The molecule has 3 nitrogen and oxygen atoms in total. The Morgan fingerprint density at radius 3 is 2.74 bits per heavy atom. The van der Waals surface area contributed by atoms with Crippen LogP contribution in [0.15, 0.2) is 48.7 Å². The molecule has 0 bridgehead atoms. The SMILES string of the molecule is O=Cc1c(Cc2ccccc2)nc2cc(Cl)ccn12. The summed E-state index contributed by atoms with van der Waals surface area (Å²) >= 11 is 5.94. The van der Waals surface area contributed by atoms with E-state index in [1.54, 1.807) is 22.7 Å². The molecule has 19 heavy (non-hydrogen) atoms. The van der Waals surface area contributed by atoms with Crippen molar-refractivity contribution >= 4 is 23.5 Å². The predicted molar refractivity (Wildman–Crippen MR) is 74.8 cm³/mol. The molecule has 0 saturated heterocycles. The van der Waals surface area contributed by atoms with E-state index < -0.39 is 0 Å². The largest absolute Gasteiger partial charge is 0.297 e. The number of halogens is 1. The Kier molecular flexibility index (Phi) is 3.05. The number of imidazole rings is 1. The van der Waals surface area contributed by atoms with Gasteiger partial charge in [-0.1, -0.05) is 41.9 Å². The van der Waals surface area contributed by atoms with Crippen LogP contribution in [0, 0.1) is 0 Å². The van der Waals surface area contributed by atoms with Crippen molar-refractivity contribution in [1.29, 1.82) is 0 Å². The van der Waals surface area contributed by atoms with Gasteiger partial charge < -0.3 is 0 Å². The topological polar surface area (TPSA) is 34.4 Å². The second-order valence-corrected chi connectivity index (χ2v) is 4.73. The van der Waals surface area contributed by atoms with E-state index >= 15 is 0 Å². The van der Waals surface area contributed by atoms with E-state index in [4.69, 9.17) is 11.6 Å². The van der Waals surface area contributed by atoms with E-state index in [2.05, 4.69) is 4.98 Å². The van der Waals surface area contributed by atoms with Crippen LogP contribution in [-0.4, -0.2) is 15.7 Å². The van der Waals surface area contributed by atoms with Gasteiger partial charge in [-0.2, -0.15) is 0 Å². The summed E-state index contributed by atoms with van der Waals surface area (Å²) in [5.41, 5.74) is 3.17. The monoisotopic (exact) mass is 270 g/mol. The number of nitrogens with zero attached hydrogens (tertiary/aromatic N) is 2. The summed E-state index contributed by atoms with van der Waals surface area (Å²) in [5.74, 6) is 0. The lowest BCUT2D eigenvalue weighted by atomic mass is 10.1. The molecule has 1 aromatic carbocycles. The van der Waals surface area contributed by atoms with Gasteiger partial charge in [0.05, 0.1) is 5.69 Å². The van der Waals surface area contributed by atoms with Gasteiger partial charge in [0.25, 0.3) is 0 Å². The molecule has 0 unspecified atom stereocenters. The summed E-state index contributed by atoms with van der Waals surface area (Å²) < 4.78 is 1.76. The first-order chi connectivity index (χ1) is 9.28. The van der Waals surface area contributed by atoms with Crippen LogP contribution in [-0.2, 0) is 6.42 Å². The van der Waals surface area contributed by atoms with Crippen LogP contribution in [0.5, 0.6) is 0 Å². The number of aromatic nitrogens is 2. The smallest absolute Gasteiger partial charge is 0.168 e. The van der Waals surface area contributed by atoms with Crippen LogP contribution >= 0.6 is 11.6 Å². The molecule has 94 valence electrons. The van der Waals surface area contributed by atoms with Crippen molar-refractivity contribution in [3.05, 3.63) is 70.6 Å². The molecule has 2 heterocycles. The Morgan fingerprint density at radius 1 is 1.21 bits per heavy atom. The summed E-state index contributed by atoms with van der Waals surface area (Å²) in [6, 6.07) is 13.5. The average Bonchev–Trinajstić information content (AvgIpc) is 2.76. The number of benzene rings is 1. The maximum absolute atomic E-state index is 11.3. The normalized spacial score (nSPS) is 10.8. The van der Waals surface area contributed by atoms with Gasteiger partial charge in [0.2, 0.25) is 0 Å². The van der Waals surface area contributed by atoms with Crippen LogP contribution in [0.3, 0.4) is 0 Å². The number of hydrogen-bond acceptors (Lipinski definition) is 2. The maximum Gasteiger partial charge on any atom is 0.168 e. The molecule has 2 aromatic heterocycles. The zero-order chi connectivity index (χ0) is 13.2. The lowest BCUT2D eigenvalue weighted by Crippen LogP contribution is -1.96. The Bertz CT molecular complexity index is 734. The zero-order valence-corrected chi connectivity index (χ0v) is 10.8. The van der Waals surface area contributed by atoms with Gasteiger partial charge in [-0.05, 0) is 11.6 Å². The molecule has 0 aliphatic carbocycles.